The van der Waals surface area contributed by atoms with E-state index in [0.717, 1.165) is 25.2 Å². The first-order chi connectivity index (χ1) is 8.56. The Hall–Kier alpha value is -0.350. The van der Waals surface area contributed by atoms with Crippen LogP contribution in [0, 0.1) is 11.7 Å². The molecule has 108 valence electrons. The molecule has 2 rings (SSSR count). The minimum absolute atomic E-state index is 0. The van der Waals surface area contributed by atoms with Crippen LogP contribution < -0.4 is 5.73 Å². The Kier molecular flexibility index (Phi) is 6.54. The van der Waals surface area contributed by atoms with Gasteiger partial charge in [-0.05, 0) is 49.9 Å². The van der Waals surface area contributed by atoms with Crippen LogP contribution in [0.15, 0.2) is 18.2 Å². The predicted molar refractivity (Wildman–Crippen MR) is 80.3 cm³/mol. The van der Waals surface area contributed by atoms with E-state index in [1.807, 2.05) is 0 Å². The topological polar surface area (TPSA) is 29.3 Å². The number of nitrogens with two attached hydrogens (primary N) is 1. The van der Waals surface area contributed by atoms with Gasteiger partial charge in [0.25, 0.3) is 0 Å². The van der Waals surface area contributed by atoms with Gasteiger partial charge in [0.2, 0.25) is 0 Å². The van der Waals surface area contributed by atoms with E-state index in [1.54, 1.807) is 12.1 Å². The van der Waals surface area contributed by atoms with Gasteiger partial charge in [0.05, 0.1) is 5.02 Å². The average molecular weight is 307 g/mol. The average Bonchev–Trinajstić information content (AvgIpc) is 2.34. The van der Waals surface area contributed by atoms with E-state index in [1.165, 1.54) is 18.9 Å². The molecule has 1 fully saturated rings. The van der Waals surface area contributed by atoms with Gasteiger partial charge < -0.3 is 5.73 Å². The smallest absolute Gasteiger partial charge is 0.141 e. The molecular weight excluding hydrogens is 286 g/mol. The molecule has 2 nitrogen and oxygen atoms in total. The van der Waals surface area contributed by atoms with E-state index < -0.39 is 0 Å². The molecule has 0 amide bonds. The minimum Gasteiger partial charge on any atom is -0.328 e. The van der Waals surface area contributed by atoms with Crippen LogP contribution in [0.1, 0.15) is 25.3 Å². The highest BCUT2D eigenvalue weighted by molar-refractivity contribution is 6.30. The Morgan fingerprint density at radius 2 is 2.26 bits per heavy atom. The summed E-state index contributed by atoms with van der Waals surface area (Å²) in [4.78, 5) is 2.38. The van der Waals surface area contributed by atoms with Crippen molar-refractivity contribution in [2.24, 2.45) is 11.7 Å². The molecule has 0 aliphatic carbocycles. The molecule has 0 aromatic heterocycles. The maximum Gasteiger partial charge on any atom is 0.141 e. The number of benzene rings is 1. The summed E-state index contributed by atoms with van der Waals surface area (Å²) in [6, 6.07) is 5.19. The van der Waals surface area contributed by atoms with Crippen molar-refractivity contribution in [3.05, 3.63) is 34.6 Å². The Labute approximate surface area is 125 Å². The molecule has 0 bridgehead atoms. The van der Waals surface area contributed by atoms with Crippen molar-refractivity contribution in [3.63, 3.8) is 0 Å². The maximum absolute atomic E-state index is 13.1. The molecule has 0 saturated carbocycles. The molecule has 19 heavy (non-hydrogen) atoms. The van der Waals surface area contributed by atoms with Gasteiger partial charge in [-0.3, -0.25) is 4.90 Å². The van der Waals surface area contributed by atoms with E-state index >= 15 is 0 Å². The Bertz CT molecular complexity index is 412. The molecule has 1 heterocycles. The zero-order valence-corrected chi connectivity index (χ0v) is 12.7. The highest BCUT2D eigenvalue weighted by atomic mass is 35.5. The molecule has 1 aliphatic rings. The largest absolute Gasteiger partial charge is 0.328 e. The lowest BCUT2D eigenvalue weighted by Gasteiger charge is -2.34. The SMILES string of the molecule is CC(N)C1CCCN(Cc2ccc(F)c(Cl)c2)C1.Cl. The molecule has 5 heteroatoms. The first-order valence-electron chi connectivity index (χ1n) is 6.48. The minimum atomic E-state index is -0.354. The van der Waals surface area contributed by atoms with Crippen molar-refractivity contribution in [1.29, 1.82) is 0 Å². The second kappa shape index (κ2) is 7.44. The van der Waals surface area contributed by atoms with Crippen molar-refractivity contribution in [1.82, 2.24) is 4.90 Å². The second-order valence-corrected chi connectivity index (χ2v) is 5.65. The van der Waals surface area contributed by atoms with Crippen LogP contribution in [0.2, 0.25) is 5.02 Å². The fraction of sp³-hybridized carbons (Fsp3) is 0.571. The van der Waals surface area contributed by atoms with Crippen LogP contribution in [0.25, 0.3) is 0 Å². The van der Waals surface area contributed by atoms with Gasteiger partial charge in [-0.1, -0.05) is 17.7 Å². The first-order valence-corrected chi connectivity index (χ1v) is 6.86. The zero-order valence-electron chi connectivity index (χ0n) is 11.1. The molecule has 2 unspecified atom stereocenters. The van der Waals surface area contributed by atoms with E-state index in [9.17, 15) is 4.39 Å². The van der Waals surface area contributed by atoms with Crippen molar-refractivity contribution in [3.8, 4) is 0 Å². The van der Waals surface area contributed by atoms with Crippen LogP contribution in [-0.4, -0.2) is 24.0 Å². The first kappa shape index (κ1) is 16.7. The lowest BCUT2D eigenvalue weighted by molar-refractivity contribution is 0.154. The van der Waals surface area contributed by atoms with Crippen LogP contribution in [-0.2, 0) is 6.54 Å². The molecule has 2 N–H and O–H groups in total. The summed E-state index contributed by atoms with van der Waals surface area (Å²) in [5.74, 6) is 0.210. The maximum atomic E-state index is 13.1. The van der Waals surface area contributed by atoms with E-state index in [0.29, 0.717) is 5.92 Å². The van der Waals surface area contributed by atoms with Crippen LogP contribution in [0.3, 0.4) is 0 Å². The van der Waals surface area contributed by atoms with Gasteiger partial charge >= 0.3 is 0 Å². The molecule has 1 aliphatic heterocycles. The molecule has 1 aromatic carbocycles. The highest BCUT2D eigenvalue weighted by Crippen LogP contribution is 2.22. The molecule has 2 atom stereocenters. The van der Waals surface area contributed by atoms with E-state index in [4.69, 9.17) is 17.3 Å². The zero-order chi connectivity index (χ0) is 13.1. The van der Waals surface area contributed by atoms with Gasteiger partial charge in [-0.15, -0.1) is 12.4 Å². The molecule has 0 spiro atoms. The van der Waals surface area contributed by atoms with E-state index in [2.05, 4.69) is 11.8 Å². The summed E-state index contributed by atoms with van der Waals surface area (Å²) in [5.41, 5.74) is 7.03. The van der Waals surface area contributed by atoms with Crippen molar-refractivity contribution < 1.29 is 4.39 Å². The summed E-state index contributed by atoms with van der Waals surface area (Å²) in [6.07, 6.45) is 2.39. The third-order valence-electron chi connectivity index (χ3n) is 3.68. The Balaban J connectivity index is 0.00000180. The number of hydrogen-bond donors (Lipinski definition) is 1. The van der Waals surface area contributed by atoms with Crippen molar-refractivity contribution in [2.45, 2.75) is 32.4 Å². The van der Waals surface area contributed by atoms with Gasteiger partial charge in [0.15, 0.2) is 0 Å². The summed E-state index contributed by atoms with van der Waals surface area (Å²) in [7, 11) is 0. The second-order valence-electron chi connectivity index (χ2n) is 5.25. The van der Waals surface area contributed by atoms with Gasteiger partial charge in [-0.25, -0.2) is 4.39 Å². The third kappa shape index (κ3) is 4.60. The van der Waals surface area contributed by atoms with Crippen molar-refractivity contribution in [2.75, 3.05) is 13.1 Å². The lowest BCUT2D eigenvalue weighted by Crippen LogP contribution is -2.41. The monoisotopic (exact) mass is 306 g/mol. The van der Waals surface area contributed by atoms with Crippen LogP contribution >= 0.6 is 24.0 Å². The van der Waals surface area contributed by atoms with Gasteiger partial charge in [0.1, 0.15) is 5.82 Å². The fourth-order valence-electron chi connectivity index (χ4n) is 2.56. The molecule has 0 radical (unpaired) electrons. The number of hydrogen-bond acceptors (Lipinski definition) is 2. The summed E-state index contributed by atoms with van der Waals surface area (Å²) >= 11 is 5.80. The van der Waals surface area contributed by atoms with Crippen LogP contribution in [0.4, 0.5) is 4.39 Å². The quantitative estimate of drug-likeness (QED) is 0.926. The standard InChI is InChI=1S/C14H20ClFN2.ClH/c1-10(17)12-3-2-6-18(9-12)8-11-4-5-14(16)13(15)7-11;/h4-5,7,10,12H,2-3,6,8-9,17H2,1H3;1H. The summed E-state index contributed by atoms with van der Waals surface area (Å²) in [6.45, 7) is 5.00. The highest BCUT2D eigenvalue weighted by Gasteiger charge is 2.22. The number of halogens is 3. The third-order valence-corrected chi connectivity index (χ3v) is 3.97. The molecular formula is C14H21Cl2FN2. The van der Waals surface area contributed by atoms with Crippen molar-refractivity contribution >= 4 is 24.0 Å². The van der Waals surface area contributed by atoms with Crippen LogP contribution in [0.5, 0.6) is 0 Å². The molecule has 1 aromatic rings. The summed E-state index contributed by atoms with van der Waals surface area (Å²) < 4.78 is 13.1. The number of rotatable bonds is 3. The number of nitrogens with zero attached hydrogens (tertiary/aromatic N) is 1. The Morgan fingerprint density at radius 1 is 1.53 bits per heavy atom. The number of piperidine rings is 1. The normalized spacial score (nSPS) is 21.8. The summed E-state index contributed by atoms with van der Waals surface area (Å²) in [5, 5.41) is 0.202. The van der Waals surface area contributed by atoms with E-state index in [-0.39, 0.29) is 29.3 Å². The lowest BCUT2D eigenvalue weighted by atomic mass is 9.92. The number of likely N-dealkylation sites (tertiary alicyclic amines) is 1. The predicted octanol–water partition coefficient (Wildman–Crippen LogP) is 3.46. The Morgan fingerprint density at radius 3 is 2.89 bits per heavy atom. The van der Waals surface area contributed by atoms with Gasteiger partial charge in [-0.2, -0.15) is 0 Å². The van der Waals surface area contributed by atoms with Gasteiger partial charge in [0, 0.05) is 19.1 Å². The fourth-order valence-corrected chi connectivity index (χ4v) is 2.76. The molecule has 1 saturated heterocycles.